The van der Waals surface area contributed by atoms with Crippen molar-refractivity contribution >= 4 is 49.8 Å². The van der Waals surface area contributed by atoms with Gasteiger partial charge in [-0.3, -0.25) is 0 Å². The van der Waals surface area contributed by atoms with Gasteiger partial charge in [0.25, 0.3) is 0 Å². The molecule has 2 heteroatoms. The Morgan fingerprint density at radius 2 is 1.09 bits per heavy atom. The Morgan fingerprint density at radius 3 is 2.00 bits per heavy atom. The molecule has 0 atom stereocenters. The molecule has 8 aromatic rings. The molecule has 0 saturated heterocycles. The van der Waals surface area contributed by atoms with Gasteiger partial charge in [0.2, 0.25) is 0 Å². The molecule has 0 bridgehead atoms. The molecule has 0 fully saturated rings. The molecule has 9 rings (SSSR count). The number of para-hydroxylation sites is 2. The van der Waals surface area contributed by atoms with Crippen molar-refractivity contribution in [1.82, 2.24) is 0 Å². The minimum absolute atomic E-state index is 0.0990. The third kappa shape index (κ3) is 3.82. The van der Waals surface area contributed by atoms with Gasteiger partial charge in [-0.2, -0.15) is 0 Å². The van der Waals surface area contributed by atoms with Crippen LogP contribution in [0.5, 0.6) is 0 Å². The summed E-state index contributed by atoms with van der Waals surface area (Å²) in [5.41, 5.74) is 12.8. The highest BCUT2D eigenvalue weighted by atomic mass is 16.3. The molecular weight excluding hydrogens is 546 g/mol. The molecule has 0 saturated carbocycles. The molecule has 0 unspecified atom stereocenters. The summed E-state index contributed by atoms with van der Waals surface area (Å²) in [6, 6.07) is 54.7. The summed E-state index contributed by atoms with van der Waals surface area (Å²) >= 11 is 0. The van der Waals surface area contributed by atoms with E-state index in [2.05, 4.69) is 158 Å². The summed E-state index contributed by atoms with van der Waals surface area (Å²) in [4.78, 5) is 2.48. The topological polar surface area (TPSA) is 16.4 Å². The maximum absolute atomic E-state index is 6.35. The maximum Gasteiger partial charge on any atom is 0.136 e. The van der Waals surface area contributed by atoms with Crippen LogP contribution in [0.4, 0.5) is 17.1 Å². The minimum Gasteiger partial charge on any atom is -0.456 e. The van der Waals surface area contributed by atoms with Gasteiger partial charge in [0.1, 0.15) is 11.2 Å². The summed E-state index contributed by atoms with van der Waals surface area (Å²) in [5.74, 6) is 0. The largest absolute Gasteiger partial charge is 0.456 e. The van der Waals surface area contributed by atoms with E-state index in [1.165, 1.54) is 38.7 Å². The summed E-state index contributed by atoms with van der Waals surface area (Å²) in [6.07, 6.45) is 0. The fourth-order valence-corrected chi connectivity index (χ4v) is 7.52. The second-order valence-electron chi connectivity index (χ2n) is 12.5. The fourth-order valence-electron chi connectivity index (χ4n) is 7.52. The molecule has 0 aliphatic heterocycles. The average Bonchev–Trinajstić information content (AvgIpc) is 3.57. The predicted molar refractivity (Wildman–Crippen MR) is 189 cm³/mol. The van der Waals surface area contributed by atoms with Gasteiger partial charge in [0, 0.05) is 32.7 Å². The van der Waals surface area contributed by atoms with E-state index < -0.39 is 0 Å². The smallest absolute Gasteiger partial charge is 0.136 e. The fraction of sp³-hybridized carbons (Fsp3) is 0.0698. The lowest BCUT2D eigenvalue weighted by Gasteiger charge is -2.31. The van der Waals surface area contributed by atoms with Crippen LogP contribution in [0.25, 0.3) is 55.0 Å². The van der Waals surface area contributed by atoms with E-state index in [1.807, 2.05) is 12.1 Å². The van der Waals surface area contributed by atoms with E-state index in [1.54, 1.807) is 0 Å². The number of hydrogen-bond donors (Lipinski definition) is 0. The second kappa shape index (κ2) is 9.70. The molecule has 0 amide bonds. The van der Waals surface area contributed by atoms with Crippen molar-refractivity contribution in [2.75, 3.05) is 4.90 Å². The van der Waals surface area contributed by atoms with E-state index in [-0.39, 0.29) is 5.41 Å². The molecule has 214 valence electrons. The lowest BCUT2D eigenvalue weighted by atomic mass is 9.82. The zero-order valence-corrected chi connectivity index (χ0v) is 25.3. The molecule has 0 spiro atoms. The van der Waals surface area contributed by atoms with Gasteiger partial charge in [-0.15, -0.1) is 0 Å². The van der Waals surface area contributed by atoms with Gasteiger partial charge < -0.3 is 9.32 Å². The van der Waals surface area contributed by atoms with Gasteiger partial charge in [0.05, 0.1) is 17.1 Å². The first-order valence-electron chi connectivity index (χ1n) is 15.6. The van der Waals surface area contributed by atoms with Crippen molar-refractivity contribution in [2.45, 2.75) is 19.3 Å². The number of fused-ring (bicyclic) bond motifs is 7. The molecule has 2 nitrogen and oxygen atoms in total. The van der Waals surface area contributed by atoms with E-state index in [0.717, 1.165) is 44.4 Å². The molecule has 45 heavy (non-hydrogen) atoms. The van der Waals surface area contributed by atoms with Crippen LogP contribution < -0.4 is 4.90 Å². The minimum atomic E-state index is -0.0990. The first kappa shape index (κ1) is 25.9. The molecule has 1 aliphatic rings. The van der Waals surface area contributed by atoms with Crippen molar-refractivity contribution in [3.05, 3.63) is 163 Å². The zero-order valence-electron chi connectivity index (χ0n) is 25.3. The van der Waals surface area contributed by atoms with Crippen LogP contribution in [-0.4, -0.2) is 0 Å². The molecule has 1 heterocycles. The number of hydrogen-bond acceptors (Lipinski definition) is 2. The molecule has 1 aliphatic carbocycles. The van der Waals surface area contributed by atoms with Crippen LogP contribution in [0, 0.1) is 0 Å². The summed E-state index contributed by atoms with van der Waals surface area (Å²) in [5, 5.41) is 4.71. The van der Waals surface area contributed by atoms with E-state index in [0.29, 0.717) is 0 Å². The Bertz CT molecular complexity index is 2420. The van der Waals surface area contributed by atoms with Gasteiger partial charge >= 0.3 is 0 Å². The van der Waals surface area contributed by atoms with Crippen molar-refractivity contribution in [3.63, 3.8) is 0 Å². The Morgan fingerprint density at radius 1 is 0.467 bits per heavy atom. The summed E-state index contributed by atoms with van der Waals surface area (Å²) in [6.45, 7) is 4.69. The molecule has 0 radical (unpaired) electrons. The van der Waals surface area contributed by atoms with Gasteiger partial charge in [-0.25, -0.2) is 0 Å². The average molecular weight is 578 g/mol. The van der Waals surface area contributed by atoms with Crippen LogP contribution in [-0.2, 0) is 5.41 Å². The van der Waals surface area contributed by atoms with Crippen LogP contribution in [0.2, 0.25) is 0 Å². The van der Waals surface area contributed by atoms with E-state index >= 15 is 0 Å². The Kier molecular flexibility index (Phi) is 5.58. The number of rotatable bonds is 4. The quantitative estimate of drug-likeness (QED) is 0.207. The van der Waals surface area contributed by atoms with Crippen LogP contribution >= 0.6 is 0 Å². The lowest BCUT2D eigenvalue weighted by molar-refractivity contribution is 0.660. The summed E-state index contributed by atoms with van der Waals surface area (Å²) in [7, 11) is 0. The highest BCUT2D eigenvalue weighted by molar-refractivity contribution is 6.08. The SMILES string of the molecule is CC1(C)c2ccccc2-c2c(N(c3ccccc3-c3ccc4c(c3)oc3ccccc34)c3cccc4ccccc34)cccc21. The Balaban J connectivity index is 1.34. The monoisotopic (exact) mass is 577 g/mol. The molecule has 0 N–H and O–H groups in total. The van der Waals surface area contributed by atoms with Gasteiger partial charge in [-0.05, 0) is 64.0 Å². The Hall–Kier alpha value is -5.60. The first-order valence-corrected chi connectivity index (χ1v) is 15.6. The van der Waals surface area contributed by atoms with Crippen molar-refractivity contribution < 1.29 is 4.42 Å². The van der Waals surface area contributed by atoms with Crippen LogP contribution in [0.1, 0.15) is 25.0 Å². The molecule has 7 aromatic carbocycles. The lowest BCUT2D eigenvalue weighted by Crippen LogP contribution is -2.16. The predicted octanol–water partition coefficient (Wildman–Crippen LogP) is 12.2. The number of benzene rings is 7. The zero-order chi connectivity index (χ0) is 30.1. The third-order valence-corrected chi connectivity index (χ3v) is 9.67. The Labute approximate surface area is 262 Å². The van der Waals surface area contributed by atoms with Crippen LogP contribution in [0.15, 0.2) is 156 Å². The normalized spacial score (nSPS) is 13.3. The van der Waals surface area contributed by atoms with Crippen LogP contribution in [0.3, 0.4) is 0 Å². The second-order valence-corrected chi connectivity index (χ2v) is 12.5. The number of nitrogens with zero attached hydrogens (tertiary/aromatic N) is 1. The summed E-state index contributed by atoms with van der Waals surface area (Å²) < 4.78 is 6.35. The van der Waals surface area contributed by atoms with Crippen molar-refractivity contribution in [3.8, 4) is 22.3 Å². The van der Waals surface area contributed by atoms with Crippen molar-refractivity contribution in [1.29, 1.82) is 0 Å². The number of anilines is 3. The highest BCUT2D eigenvalue weighted by Gasteiger charge is 2.38. The van der Waals surface area contributed by atoms with Gasteiger partial charge in [0.15, 0.2) is 0 Å². The molecule has 1 aromatic heterocycles. The highest BCUT2D eigenvalue weighted by Crippen LogP contribution is 2.55. The van der Waals surface area contributed by atoms with Gasteiger partial charge in [-0.1, -0.05) is 129 Å². The number of furan rings is 1. The third-order valence-electron chi connectivity index (χ3n) is 9.67. The van der Waals surface area contributed by atoms with E-state index in [9.17, 15) is 0 Å². The van der Waals surface area contributed by atoms with E-state index in [4.69, 9.17) is 4.42 Å². The first-order chi connectivity index (χ1) is 22.1. The molecular formula is C43H31NO. The standard InChI is InChI=1S/C43H31NO/c1-43(2)35-19-8-5-18-34(35)42-36(43)20-12-23-39(42)44(38-22-11-14-28-13-3-4-15-30(28)38)37-21-9-6-16-31(37)29-25-26-33-32-17-7-10-24-40(32)45-41(33)27-29/h3-27H,1-2H3. The van der Waals surface area contributed by atoms with Crippen molar-refractivity contribution in [2.24, 2.45) is 0 Å². The maximum atomic E-state index is 6.35.